The van der Waals surface area contributed by atoms with Gasteiger partial charge in [-0.1, -0.05) is 0 Å². The average molecular weight is 422 g/mol. The van der Waals surface area contributed by atoms with Gasteiger partial charge >= 0.3 is 5.97 Å². The van der Waals surface area contributed by atoms with Gasteiger partial charge in [0.05, 0.1) is 39.1 Å². The molecule has 164 valence electrons. The molecule has 0 saturated carbocycles. The number of carbonyl (C=O) groups is 2. The van der Waals surface area contributed by atoms with Crippen molar-refractivity contribution in [1.29, 1.82) is 0 Å². The first-order valence-corrected chi connectivity index (χ1v) is 9.94. The molecule has 0 radical (unpaired) electrons. The standard InChI is InChI=1S/C20H28N4O6/c1-28-15-10-13-14(11-16(15)29-2)21-19(20(27)30-3)18(13)22-17(26)12-24-6-4-23(5-7-24)8-9-25/h10-11,21,25H,4-9,12H2,1-3H3,(H,22,26)/p+2. The second-order valence-corrected chi connectivity index (χ2v) is 7.32. The number of ether oxygens (including phenoxy) is 3. The second-order valence-electron chi connectivity index (χ2n) is 7.32. The largest absolute Gasteiger partial charge is 0.493 e. The minimum Gasteiger partial charge on any atom is -0.493 e. The fraction of sp³-hybridized carbons (Fsp3) is 0.500. The first-order chi connectivity index (χ1) is 14.5. The summed E-state index contributed by atoms with van der Waals surface area (Å²) in [6, 6.07) is 3.43. The van der Waals surface area contributed by atoms with Gasteiger partial charge in [-0.15, -0.1) is 0 Å². The number of amides is 1. The third-order valence-corrected chi connectivity index (χ3v) is 5.50. The molecule has 0 spiro atoms. The normalized spacial score (nSPS) is 18.8. The Kier molecular flexibility index (Phi) is 7.14. The summed E-state index contributed by atoms with van der Waals surface area (Å²) >= 11 is 0. The van der Waals surface area contributed by atoms with E-state index in [1.165, 1.54) is 31.1 Å². The Bertz CT molecular complexity index is 904. The van der Waals surface area contributed by atoms with E-state index in [0.717, 1.165) is 32.7 Å². The molecular weight excluding hydrogens is 392 g/mol. The van der Waals surface area contributed by atoms with Crippen LogP contribution in [0.2, 0.25) is 0 Å². The quantitative estimate of drug-likeness (QED) is 0.305. The maximum absolute atomic E-state index is 12.8. The van der Waals surface area contributed by atoms with Crippen molar-refractivity contribution in [2.24, 2.45) is 0 Å². The van der Waals surface area contributed by atoms with Gasteiger partial charge in [-0.2, -0.15) is 0 Å². The zero-order valence-corrected chi connectivity index (χ0v) is 17.6. The molecule has 1 saturated heterocycles. The predicted octanol–water partition coefficient (Wildman–Crippen LogP) is -2.31. The number of aliphatic hydroxyl groups is 1. The van der Waals surface area contributed by atoms with Crippen molar-refractivity contribution in [2.45, 2.75) is 0 Å². The summed E-state index contributed by atoms with van der Waals surface area (Å²) in [6.07, 6.45) is 0. The van der Waals surface area contributed by atoms with Crippen molar-refractivity contribution >= 4 is 28.5 Å². The van der Waals surface area contributed by atoms with E-state index in [-0.39, 0.29) is 18.2 Å². The van der Waals surface area contributed by atoms with Crippen LogP contribution in [0.15, 0.2) is 12.1 Å². The molecule has 2 heterocycles. The number of aromatic nitrogens is 1. The molecule has 3 rings (SSSR count). The lowest BCUT2D eigenvalue weighted by molar-refractivity contribution is -1.01. The van der Waals surface area contributed by atoms with Crippen LogP contribution >= 0.6 is 0 Å². The molecular formula is C20H30N4O6+2. The molecule has 0 unspecified atom stereocenters. The van der Waals surface area contributed by atoms with Crippen LogP contribution in [0, 0.1) is 0 Å². The minimum atomic E-state index is -0.576. The van der Waals surface area contributed by atoms with Crippen molar-refractivity contribution in [3.63, 3.8) is 0 Å². The number of hydrogen-bond donors (Lipinski definition) is 5. The zero-order chi connectivity index (χ0) is 21.7. The van der Waals surface area contributed by atoms with Gasteiger partial charge in [0.25, 0.3) is 5.91 Å². The number of quaternary nitrogens is 2. The predicted molar refractivity (Wildman–Crippen MR) is 110 cm³/mol. The molecule has 1 aliphatic rings. The van der Waals surface area contributed by atoms with Gasteiger partial charge < -0.3 is 39.4 Å². The lowest BCUT2D eigenvalue weighted by Crippen LogP contribution is -3.28. The van der Waals surface area contributed by atoms with Gasteiger partial charge in [-0.25, -0.2) is 4.79 Å². The van der Waals surface area contributed by atoms with Crippen LogP contribution in [-0.4, -0.2) is 89.2 Å². The minimum absolute atomic E-state index is 0.170. The van der Waals surface area contributed by atoms with Gasteiger partial charge in [0.15, 0.2) is 18.0 Å². The van der Waals surface area contributed by atoms with E-state index in [1.807, 2.05) is 0 Å². The number of esters is 1. The fourth-order valence-electron chi connectivity index (χ4n) is 3.86. The highest BCUT2D eigenvalue weighted by molar-refractivity contribution is 6.11. The Morgan fingerprint density at radius 1 is 1.07 bits per heavy atom. The van der Waals surface area contributed by atoms with E-state index in [1.54, 1.807) is 12.1 Å². The summed E-state index contributed by atoms with van der Waals surface area (Å²) in [6.45, 7) is 4.75. The molecule has 5 N–H and O–H groups in total. The zero-order valence-electron chi connectivity index (χ0n) is 17.6. The number of aliphatic hydroxyl groups excluding tert-OH is 1. The van der Waals surface area contributed by atoms with Crippen molar-refractivity contribution in [3.8, 4) is 11.5 Å². The van der Waals surface area contributed by atoms with E-state index in [9.17, 15) is 9.59 Å². The SMILES string of the molecule is COC(=O)c1[nH]c2cc(OC)c(OC)cc2c1NC(=O)C[NH+]1CC[NH+](CCO)CC1. The Morgan fingerprint density at radius 3 is 2.30 bits per heavy atom. The Hall–Kier alpha value is -2.82. The highest BCUT2D eigenvalue weighted by Gasteiger charge is 2.27. The molecule has 1 aromatic heterocycles. The topological polar surface area (TPSA) is 119 Å². The smallest absolute Gasteiger partial charge is 0.356 e. The number of rotatable bonds is 8. The monoisotopic (exact) mass is 422 g/mol. The number of fused-ring (bicyclic) bond motifs is 1. The van der Waals surface area contributed by atoms with Gasteiger partial charge in [0.2, 0.25) is 0 Å². The summed E-state index contributed by atoms with van der Waals surface area (Å²) in [7, 11) is 4.35. The lowest BCUT2D eigenvalue weighted by Gasteiger charge is -2.28. The van der Waals surface area contributed by atoms with Crippen molar-refractivity contribution in [1.82, 2.24) is 4.98 Å². The first kappa shape index (κ1) is 21.9. The molecule has 1 amide bonds. The number of hydrogen-bond acceptors (Lipinski definition) is 6. The maximum Gasteiger partial charge on any atom is 0.356 e. The van der Waals surface area contributed by atoms with Crippen LogP contribution in [0.3, 0.4) is 0 Å². The maximum atomic E-state index is 12.8. The van der Waals surface area contributed by atoms with Crippen LogP contribution < -0.4 is 24.6 Å². The van der Waals surface area contributed by atoms with Gasteiger partial charge in [-0.05, 0) is 6.07 Å². The Balaban J connectivity index is 1.81. The summed E-state index contributed by atoms with van der Waals surface area (Å²) in [5, 5.41) is 12.6. The van der Waals surface area contributed by atoms with Gasteiger partial charge in [-0.3, -0.25) is 4.79 Å². The first-order valence-electron chi connectivity index (χ1n) is 9.94. The number of methoxy groups -OCH3 is 3. The molecule has 2 aromatic rings. The van der Waals surface area contributed by atoms with E-state index < -0.39 is 5.97 Å². The lowest BCUT2D eigenvalue weighted by atomic mass is 10.2. The molecule has 0 aliphatic carbocycles. The molecule has 1 aliphatic heterocycles. The number of H-pyrrole nitrogens is 1. The van der Waals surface area contributed by atoms with E-state index in [2.05, 4.69) is 10.3 Å². The van der Waals surface area contributed by atoms with Crippen LogP contribution in [0.5, 0.6) is 11.5 Å². The van der Waals surface area contributed by atoms with Crippen LogP contribution in [0.25, 0.3) is 10.9 Å². The Morgan fingerprint density at radius 2 is 1.70 bits per heavy atom. The summed E-state index contributed by atoms with van der Waals surface area (Å²) in [5.74, 6) is 0.238. The number of nitrogens with one attached hydrogen (secondary N) is 4. The highest BCUT2D eigenvalue weighted by Crippen LogP contribution is 2.37. The average Bonchev–Trinajstić information content (AvgIpc) is 3.10. The number of aromatic amines is 1. The van der Waals surface area contributed by atoms with Crippen molar-refractivity contribution in [3.05, 3.63) is 17.8 Å². The van der Waals surface area contributed by atoms with Crippen LogP contribution in [0.1, 0.15) is 10.5 Å². The summed E-state index contributed by atoms with van der Waals surface area (Å²) in [5.41, 5.74) is 1.16. The molecule has 30 heavy (non-hydrogen) atoms. The van der Waals surface area contributed by atoms with E-state index >= 15 is 0 Å². The molecule has 0 atom stereocenters. The molecule has 1 fully saturated rings. The van der Waals surface area contributed by atoms with E-state index in [4.69, 9.17) is 19.3 Å². The van der Waals surface area contributed by atoms with E-state index in [0.29, 0.717) is 34.6 Å². The number of carbonyl (C=O) groups excluding carboxylic acids is 2. The number of anilines is 1. The molecule has 10 nitrogen and oxygen atoms in total. The van der Waals surface area contributed by atoms with Crippen LogP contribution in [0.4, 0.5) is 5.69 Å². The molecule has 1 aromatic carbocycles. The third kappa shape index (κ3) is 4.66. The van der Waals surface area contributed by atoms with Gasteiger partial charge in [0, 0.05) is 11.5 Å². The second kappa shape index (κ2) is 9.79. The highest BCUT2D eigenvalue weighted by atomic mass is 16.5. The summed E-state index contributed by atoms with van der Waals surface area (Å²) < 4.78 is 15.6. The number of piperazine rings is 1. The summed E-state index contributed by atoms with van der Waals surface area (Å²) in [4.78, 5) is 30.6. The number of benzene rings is 1. The van der Waals surface area contributed by atoms with Crippen LogP contribution in [-0.2, 0) is 9.53 Å². The van der Waals surface area contributed by atoms with Crippen molar-refractivity contribution in [2.75, 3.05) is 72.5 Å². The molecule has 0 bridgehead atoms. The molecule has 10 heteroatoms. The Labute approximate surface area is 174 Å². The van der Waals surface area contributed by atoms with Gasteiger partial charge in [0.1, 0.15) is 38.4 Å². The fourth-order valence-corrected chi connectivity index (χ4v) is 3.86. The van der Waals surface area contributed by atoms with Crippen molar-refractivity contribution < 1.29 is 38.7 Å². The third-order valence-electron chi connectivity index (χ3n) is 5.50.